The van der Waals surface area contributed by atoms with Crippen LogP contribution in [0, 0.1) is 17.6 Å². The van der Waals surface area contributed by atoms with Crippen LogP contribution >= 0.6 is 0 Å². The first-order valence-electron chi connectivity index (χ1n) is 13.4. The van der Waals surface area contributed by atoms with Crippen LogP contribution in [0.4, 0.5) is 8.78 Å². The first-order valence-corrected chi connectivity index (χ1v) is 13.4. The molecule has 0 nitrogen and oxygen atoms in total. The zero-order valence-corrected chi connectivity index (χ0v) is 21.0. The van der Waals surface area contributed by atoms with E-state index in [0.717, 1.165) is 37.7 Å². The summed E-state index contributed by atoms with van der Waals surface area (Å²) in [4.78, 5) is 0. The van der Waals surface area contributed by atoms with Crippen LogP contribution in [-0.2, 0) is 19.3 Å². The summed E-state index contributed by atoms with van der Waals surface area (Å²) < 4.78 is 29.3. The molecule has 184 valence electrons. The second-order valence-corrected chi connectivity index (χ2v) is 10.1. The zero-order chi connectivity index (χ0) is 24.6. The monoisotopic (exact) mass is 472 g/mol. The molecule has 0 radical (unpaired) electrons. The van der Waals surface area contributed by atoms with E-state index in [0.29, 0.717) is 29.4 Å². The molecule has 35 heavy (non-hydrogen) atoms. The largest absolute Gasteiger partial charge is 0.203 e. The van der Waals surface area contributed by atoms with E-state index in [-0.39, 0.29) is 0 Å². The van der Waals surface area contributed by atoms with Crippen LogP contribution in [0.5, 0.6) is 0 Å². The maximum Gasteiger partial charge on any atom is 0.166 e. The lowest BCUT2D eigenvalue weighted by molar-refractivity contribution is 0.376. The topological polar surface area (TPSA) is 0 Å². The van der Waals surface area contributed by atoms with Crippen molar-refractivity contribution < 1.29 is 8.78 Å². The Hall–Kier alpha value is -2.74. The molecule has 0 heterocycles. The molecule has 3 aromatic rings. The molecule has 0 aliphatic heterocycles. The number of halogens is 2. The van der Waals surface area contributed by atoms with E-state index in [9.17, 15) is 8.78 Å². The van der Waals surface area contributed by atoms with E-state index in [2.05, 4.69) is 43.8 Å². The molecule has 1 aliphatic rings. The quantitative estimate of drug-likeness (QED) is 0.203. The second kappa shape index (κ2) is 12.3. The number of rotatable bonds is 10. The molecule has 0 bridgehead atoms. The molecule has 0 amide bonds. The van der Waals surface area contributed by atoms with Gasteiger partial charge in [0.15, 0.2) is 11.6 Å². The molecule has 1 aliphatic carbocycles. The van der Waals surface area contributed by atoms with E-state index in [1.54, 1.807) is 12.1 Å². The van der Waals surface area contributed by atoms with Crippen LogP contribution in [-0.4, -0.2) is 0 Å². The highest BCUT2D eigenvalue weighted by Gasteiger charge is 2.20. The van der Waals surface area contributed by atoms with Gasteiger partial charge in [-0.3, -0.25) is 0 Å². The highest BCUT2D eigenvalue weighted by atomic mass is 19.2. The van der Waals surface area contributed by atoms with Gasteiger partial charge in [0.25, 0.3) is 0 Å². The Bertz CT molecular complexity index is 1090. The summed E-state index contributed by atoms with van der Waals surface area (Å²) in [6, 6.07) is 20.5. The average molecular weight is 473 g/mol. The van der Waals surface area contributed by atoms with Gasteiger partial charge in [0, 0.05) is 5.56 Å². The zero-order valence-electron chi connectivity index (χ0n) is 21.0. The molecule has 0 atom stereocenters. The van der Waals surface area contributed by atoms with E-state index in [1.807, 2.05) is 24.3 Å². The summed E-state index contributed by atoms with van der Waals surface area (Å²) in [6.07, 6.45) is 12.6. The van der Waals surface area contributed by atoms with Crippen molar-refractivity contribution in [3.63, 3.8) is 0 Å². The van der Waals surface area contributed by atoms with Crippen molar-refractivity contribution in [2.45, 2.75) is 77.0 Å². The Morgan fingerprint density at radius 1 is 0.743 bits per heavy atom. The lowest BCUT2D eigenvalue weighted by Gasteiger charge is -2.27. The van der Waals surface area contributed by atoms with Crippen molar-refractivity contribution in [2.24, 2.45) is 5.92 Å². The second-order valence-electron chi connectivity index (χ2n) is 10.1. The third-order valence-corrected chi connectivity index (χ3v) is 7.74. The maximum atomic E-state index is 14.8. The minimum absolute atomic E-state index is 0.339. The van der Waals surface area contributed by atoms with Gasteiger partial charge in [0.1, 0.15) is 0 Å². The molecule has 0 N–H and O–H groups in total. The number of hydrogen-bond donors (Lipinski definition) is 0. The fourth-order valence-corrected chi connectivity index (χ4v) is 5.36. The molecule has 0 unspecified atom stereocenters. The molecule has 3 aromatic carbocycles. The van der Waals surface area contributed by atoms with Crippen LogP contribution in [0.1, 0.15) is 80.0 Å². The summed E-state index contributed by atoms with van der Waals surface area (Å²) in [6.45, 7) is 6.06. The Labute approximate surface area is 210 Å². The maximum absolute atomic E-state index is 14.8. The summed E-state index contributed by atoms with van der Waals surface area (Å²) in [5.74, 6) is -0.0459. The van der Waals surface area contributed by atoms with E-state index in [1.165, 1.54) is 42.4 Å². The van der Waals surface area contributed by atoms with Crippen LogP contribution in [0.2, 0.25) is 0 Å². The third-order valence-electron chi connectivity index (χ3n) is 7.74. The molecular formula is C33H38F2. The van der Waals surface area contributed by atoms with Crippen molar-refractivity contribution >= 4 is 0 Å². The van der Waals surface area contributed by atoms with Crippen molar-refractivity contribution in [1.82, 2.24) is 0 Å². The molecule has 4 rings (SSSR count). The number of benzene rings is 3. The van der Waals surface area contributed by atoms with Gasteiger partial charge in [-0.15, -0.1) is 6.58 Å². The van der Waals surface area contributed by atoms with Gasteiger partial charge < -0.3 is 0 Å². The number of allylic oxidation sites excluding steroid dienone is 1. The molecule has 0 spiro atoms. The van der Waals surface area contributed by atoms with Gasteiger partial charge in [-0.1, -0.05) is 86.5 Å². The van der Waals surface area contributed by atoms with Crippen molar-refractivity contribution in [2.75, 3.05) is 0 Å². The fraction of sp³-hybridized carbons (Fsp3) is 0.394. The lowest BCUT2D eigenvalue weighted by Crippen LogP contribution is -2.11. The van der Waals surface area contributed by atoms with Gasteiger partial charge in [-0.05, 0) is 91.0 Å². The van der Waals surface area contributed by atoms with Crippen molar-refractivity contribution in [1.29, 1.82) is 0 Å². The summed E-state index contributed by atoms with van der Waals surface area (Å²) >= 11 is 0. The standard InChI is InChI=1S/C33H38F2/c1-3-5-6-7-30-22-23-31(33(35)32(30)34)29-20-14-26(15-21-29)9-8-25-12-18-28(19-13-25)27-16-10-24(4-2)11-17-27/h4,12-15,18-24,27H,2-3,5-11,16-17H2,1H3. The molecule has 1 saturated carbocycles. The molecule has 1 fully saturated rings. The molecule has 2 heteroatoms. The lowest BCUT2D eigenvalue weighted by atomic mass is 9.78. The van der Waals surface area contributed by atoms with Gasteiger partial charge in [0.05, 0.1) is 0 Å². The molecule has 0 saturated heterocycles. The number of unbranched alkanes of at least 4 members (excludes halogenated alkanes) is 2. The minimum Gasteiger partial charge on any atom is -0.203 e. The third kappa shape index (κ3) is 6.48. The number of hydrogen-bond acceptors (Lipinski definition) is 0. The summed E-state index contributed by atoms with van der Waals surface area (Å²) in [5, 5.41) is 0. The SMILES string of the molecule is C=CC1CCC(c2ccc(CCc3ccc(-c4ccc(CCCCC)c(F)c4F)cc3)cc2)CC1. The van der Waals surface area contributed by atoms with Crippen LogP contribution in [0.25, 0.3) is 11.1 Å². The van der Waals surface area contributed by atoms with Gasteiger partial charge >= 0.3 is 0 Å². The number of aryl methyl sites for hydroxylation is 3. The van der Waals surface area contributed by atoms with Crippen molar-refractivity contribution in [3.8, 4) is 11.1 Å². The van der Waals surface area contributed by atoms with Crippen LogP contribution in [0.15, 0.2) is 73.3 Å². The predicted molar refractivity (Wildman–Crippen MR) is 144 cm³/mol. The van der Waals surface area contributed by atoms with Gasteiger partial charge in [-0.2, -0.15) is 0 Å². The highest BCUT2D eigenvalue weighted by Crippen LogP contribution is 2.36. The Kier molecular flexibility index (Phi) is 8.90. The Morgan fingerprint density at radius 3 is 1.97 bits per heavy atom. The van der Waals surface area contributed by atoms with Crippen LogP contribution < -0.4 is 0 Å². The molecule has 0 aromatic heterocycles. The Morgan fingerprint density at radius 2 is 1.37 bits per heavy atom. The van der Waals surface area contributed by atoms with Gasteiger partial charge in [0.2, 0.25) is 0 Å². The van der Waals surface area contributed by atoms with Crippen molar-refractivity contribution in [3.05, 3.63) is 107 Å². The van der Waals surface area contributed by atoms with Crippen LogP contribution in [0.3, 0.4) is 0 Å². The first-order chi connectivity index (χ1) is 17.1. The normalized spacial score (nSPS) is 17.9. The fourth-order valence-electron chi connectivity index (χ4n) is 5.36. The van der Waals surface area contributed by atoms with Gasteiger partial charge in [-0.25, -0.2) is 8.78 Å². The van der Waals surface area contributed by atoms with E-state index in [4.69, 9.17) is 0 Å². The molecular weight excluding hydrogens is 434 g/mol. The Balaban J connectivity index is 1.33. The van der Waals surface area contributed by atoms with E-state index >= 15 is 0 Å². The first kappa shape index (κ1) is 25.4. The smallest absolute Gasteiger partial charge is 0.166 e. The summed E-state index contributed by atoms with van der Waals surface area (Å²) in [5.41, 5.74) is 5.55. The predicted octanol–water partition coefficient (Wildman–Crippen LogP) is 9.61. The summed E-state index contributed by atoms with van der Waals surface area (Å²) in [7, 11) is 0. The van der Waals surface area contributed by atoms with E-state index < -0.39 is 11.6 Å². The highest BCUT2D eigenvalue weighted by molar-refractivity contribution is 5.65. The minimum atomic E-state index is -0.732. The average Bonchev–Trinajstić information content (AvgIpc) is 2.91.